The molecule has 5 nitrogen and oxygen atoms in total. The standard InChI is InChI=1S/C16H21BrN2O3/c17-14-6-5-13(22-14)16(21)18-9-15(20)19-8-7-11-3-1-2-4-12(11)10-19/h5-6,11-12H,1-4,7-10H2,(H,18,21)/t11-,12+/m1/s1. The van der Waals surface area contributed by atoms with Gasteiger partial charge in [-0.3, -0.25) is 9.59 Å². The summed E-state index contributed by atoms with van der Waals surface area (Å²) in [5.41, 5.74) is 0. The van der Waals surface area contributed by atoms with Crippen LogP contribution in [-0.2, 0) is 4.79 Å². The molecule has 6 heteroatoms. The van der Waals surface area contributed by atoms with Crippen LogP contribution in [0.4, 0.5) is 0 Å². The molecule has 1 aromatic heterocycles. The second kappa shape index (κ2) is 6.86. The van der Waals surface area contributed by atoms with Gasteiger partial charge in [0.05, 0.1) is 6.54 Å². The molecule has 1 N–H and O–H groups in total. The summed E-state index contributed by atoms with van der Waals surface area (Å²) in [4.78, 5) is 26.1. The molecular formula is C16H21BrN2O3. The first-order chi connectivity index (χ1) is 10.6. The van der Waals surface area contributed by atoms with Crippen molar-refractivity contribution in [2.75, 3.05) is 19.6 Å². The highest BCUT2D eigenvalue weighted by atomic mass is 79.9. The van der Waals surface area contributed by atoms with Crippen LogP contribution in [0.5, 0.6) is 0 Å². The van der Waals surface area contributed by atoms with Crippen molar-refractivity contribution in [1.29, 1.82) is 0 Å². The van der Waals surface area contributed by atoms with E-state index in [1.807, 2.05) is 4.90 Å². The van der Waals surface area contributed by atoms with Crippen LogP contribution in [0.1, 0.15) is 42.7 Å². The Balaban J connectivity index is 1.48. The number of piperidine rings is 1. The van der Waals surface area contributed by atoms with E-state index in [1.54, 1.807) is 12.1 Å². The first-order valence-corrected chi connectivity index (χ1v) is 8.74. The van der Waals surface area contributed by atoms with E-state index in [9.17, 15) is 9.59 Å². The largest absolute Gasteiger partial charge is 0.444 e. The van der Waals surface area contributed by atoms with Crippen molar-refractivity contribution in [2.45, 2.75) is 32.1 Å². The smallest absolute Gasteiger partial charge is 0.287 e. The number of hydrogen-bond acceptors (Lipinski definition) is 3. The topological polar surface area (TPSA) is 62.6 Å². The van der Waals surface area contributed by atoms with Gasteiger partial charge in [-0.1, -0.05) is 19.3 Å². The predicted octanol–water partition coefficient (Wildman–Crippen LogP) is 2.81. The molecule has 22 heavy (non-hydrogen) atoms. The molecule has 1 aliphatic carbocycles. The Morgan fingerprint density at radius 2 is 2.00 bits per heavy atom. The van der Waals surface area contributed by atoms with Crippen LogP contribution >= 0.6 is 15.9 Å². The van der Waals surface area contributed by atoms with E-state index in [4.69, 9.17) is 4.42 Å². The van der Waals surface area contributed by atoms with Gasteiger partial charge in [0, 0.05) is 13.1 Å². The summed E-state index contributed by atoms with van der Waals surface area (Å²) in [6.07, 6.45) is 6.28. The zero-order chi connectivity index (χ0) is 15.5. The van der Waals surface area contributed by atoms with E-state index in [0.29, 0.717) is 10.6 Å². The number of likely N-dealkylation sites (tertiary alicyclic amines) is 1. The molecule has 0 spiro atoms. The van der Waals surface area contributed by atoms with Crippen LogP contribution < -0.4 is 5.32 Å². The van der Waals surface area contributed by atoms with Crippen molar-refractivity contribution >= 4 is 27.7 Å². The number of nitrogens with zero attached hydrogens (tertiary/aromatic N) is 1. The molecule has 2 heterocycles. The first-order valence-electron chi connectivity index (χ1n) is 7.95. The third-order valence-corrected chi connectivity index (χ3v) is 5.27. The Hall–Kier alpha value is -1.30. The monoisotopic (exact) mass is 368 g/mol. The number of halogens is 1. The van der Waals surface area contributed by atoms with E-state index in [0.717, 1.165) is 25.4 Å². The third kappa shape index (κ3) is 3.54. The maximum Gasteiger partial charge on any atom is 0.287 e. The normalized spacial score (nSPS) is 24.7. The summed E-state index contributed by atoms with van der Waals surface area (Å²) in [5, 5.41) is 2.64. The number of hydrogen-bond donors (Lipinski definition) is 1. The van der Waals surface area contributed by atoms with E-state index in [2.05, 4.69) is 21.2 Å². The van der Waals surface area contributed by atoms with Crippen LogP contribution in [0.2, 0.25) is 0 Å². The second-order valence-corrected chi connectivity index (χ2v) is 7.00. The van der Waals surface area contributed by atoms with Gasteiger partial charge in [-0.15, -0.1) is 0 Å². The summed E-state index contributed by atoms with van der Waals surface area (Å²) in [7, 11) is 0. The van der Waals surface area contributed by atoms with Crippen LogP contribution in [-0.4, -0.2) is 36.3 Å². The Labute approximate surface area is 138 Å². The van der Waals surface area contributed by atoms with Crippen LogP contribution in [0.15, 0.2) is 21.2 Å². The van der Waals surface area contributed by atoms with Gasteiger partial charge in [0.1, 0.15) is 0 Å². The molecule has 2 fully saturated rings. The van der Waals surface area contributed by atoms with Gasteiger partial charge >= 0.3 is 0 Å². The molecule has 1 aromatic rings. The molecule has 1 saturated heterocycles. The number of carbonyl (C=O) groups is 2. The molecule has 3 rings (SSSR count). The van der Waals surface area contributed by atoms with E-state index in [1.165, 1.54) is 25.7 Å². The zero-order valence-electron chi connectivity index (χ0n) is 12.5. The molecule has 120 valence electrons. The van der Waals surface area contributed by atoms with Crippen molar-refractivity contribution in [2.24, 2.45) is 11.8 Å². The average molecular weight is 369 g/mol. The van der Waals surface area contributed by atoms with E-state index in [-0.39, 0.29) is 24.1 Å². The minimum Gasteiger partial charge on any atom is -0.444 e. The molecule has 0 bridgehead atoms. The summed E-state index contributed by atoms with van der Waals surface area (Å²) in [5.74, 6) is 1.32. The molecule has 0 radical (unpaired) electrons. The maximum absolute atomic E-state index is 12.3. The Morgan fingerprint density at radius 1 is 1.23 bits per heavy atom. The summed E-state index contributed by atoms with van der Waals surface area (Å²) in [6, 6.07) is 3.24. The van der Waals surface area contributed by atoms with Gasteiger partial charge in [0.15, 0.2) is 10.4 Å². The fourth-order valence-electron chi connectivity index (χ4n) is 3.62. The SMILES string of the molecule is O=C(NCC(=O)N1CC[C@H]2CCCC[C@H]2C1)c1ccc(Br)o1. The number of amides is 2. The molecule has 0 unspecified atom stereocenters. The van der Waals surface area contributed by atoms with Gasteiger partial charge < -0.3 is 14.6 Å². The highest BCUT2D eigenvalue weighted by molar-refractivity contribution is 9.10. The quantitative estimate of drug-likeness (QED) is 0.891. The van der Waals surface area contributed by atoms with Gasteiger partial charge in [-0.25, -0.2) is 0 Å². The van der Waals surface area contributed by atoms with E-state index < -0.39 is 0 Å². The predicted molar refractivity (Wildman–Crippen MR) is 85.4 cm³/mol. The molecule has 2 atom stereocenters. The van der Waals surface area contributed by atoms with Gasteiger partial charge in [-0.2, -0.15) is 0 Å². The number of fused-ring (bicyclic) bond motifs is 1. The fraction of sp³-hybridized carbons (Fsp3) is 0.625. The average Bonchev–Trinajstić information content (AvgIpc) is 2.98. The highest BCUT2D eigenvalue weighted by Gasteiger charge is 2.32. The number of rotatable bonds is 3. The first kappa shape index (κ1) is 15.6. The minimum absolute atomic E-state index is 0.00277. The number of carbonyl (C=O) groups excluding carboxylic acids is 2. The molecule has 2 aliphatic rings. The van der Waals surface area contributed by atoms with Crippen molar-refractivity contribution in [3.8, 4) is 0 Å². The van der Waals surface area contributed by atoms with Crippen molar-refractivity contribution < 1.29 is 14.0 Å². The second-order valence-electron chi connectivity index (χ2n) is 6.22. The highest BCUT2D eigenvalue weighted by Crippen LogP contribution is 2.35. The lowest BCUT2D eigenvalue weighted by Gasteiger charge is -2.41. The Kier molecular flexibility index (Phi) is 4.86. The van der Waals surface area contributed by atoms with Crippen molar-refractivity contribution in [3.05, 3.63) is 22.6 Å². The number of nitrogens with one attached hydrogen (secondary N) is 1. The van der Waals surface area contributed by atoms with Crippen molar-refractivity contribution in [1.82, 2.24) is 10.2 Å². The summed E-state index contributed by atoms with van der Waals surface area (Å²) >= 11 is 3.15. The zero-order valence-corrected chi connectivity index (χ0v) is 14.1. The Morgan fingerprint density at radius 3 is 2.73 bits per heavy atom. The minimum atomic E-state index is -0.355. The lowest BCUT2D eigenvalue weighted by molar-refractivity contribution is -0.133. The van der Waals surface area contributed by atoms with Crippen LogP contribution in [0.3, 0.4) is 0 Å². The van der Waals surface area contributed by atoms with Crippen molar-refractivity contribution in [3.63, 3.8) is 0 Å². The Bertz CT molecular complexity index is 557. The molecule has 0 aromatic carbocycles. The molecule has 1 aliphatic heterocycles. The van der Waals surface area contributed by atoms with Crippen LogP contribution in [0, 0.1) is 11.8 Å². The summed E-state index contributed by atoms with van der Waals surface area (Å²) < 4.78 is 5.68. The van der Waals surface area contributed by atoms with Gasteiger partial charge in [-0.05, 0) is 52.7 Å². The van der Waals surface area contributed by atoms with Crippen LogP contribution in [0.25, 0.3) is 0 Å². The summed E-state index contributed by atoms with van der Waals surface area (Å²) in [6.45, 7) is 1.71. The third-order valence-electron chi connectivity index (χ3n) is 4.84. The fourth-order valence-corrected chi connectivity index (χ4v) is 3.93. The van der Waals surface area contributed by atoms with E-state index >= 15 is 0 Å². The maximum atomic E-state index is 12.3. The lowest BCUT2D eigenvalue weighted by atomic mass is 9.75. The molecular weight excluding hydrogens is 348 g/mol. The lowest BCUT2D eigenvalue weighted by Crippen LogP contribution is -2.48. The number of furan rings is 1. The van der Waals surface area contributed by atoms with Gasteiger partial charge in [0.25, 0.3) is 5.91 Å². The molecule has 1 saturated carbocycles. The molecule has 2 amide bonds. The van der Waals surface area contributed by atoms with Gasteiger partial charge in [0.2, 0.25) is 5.91 Å².